The van der Waals surface area contributed by atoms with E-state index < -0.39 is 6.10 Å². The zero-order valence-corrected chi connectivity index (χ0v) is 15.7. The van der Waals surface area contributed by atoms with E-state index in [4.69, 9.17) is 0 Å². The first-order chi connectivity index (χ1) is 12.4. The third-order valence-corrected chi connectivity index (χ3v) is 5.05. The van der Waals surface area contributed by atoms with Crippen molar-refractivity contribution in [2.45, 2.75) is 44.9 Å². The van der Waals surface area contributed by atoms with Gasteiger partial charge in [0, 0.05) is 26.1 Å². The maximum Gasteiger partial charge on any atom is 0.242 e. The summed E-state index contributed by atoms with van der Waals surface area (Å²) in [5.41, 5.74) is 1.57. The van der Waals surface area contributed by atoms with Gasteiger partial charge in [0.15, 0.2) is 0 Å². The molecule has 0 spiro atoms. The smallest absolute Gasteiger partial charge is 0.242 e. The van der Waals surface area contributed by atoms with Gasteiger partial charge in [-0.05, 0) is 33.0 Å². The standard InChI is InChI=1S/C18H29N5O3/c1-20(2)12-16(24)15-10-14-11-22(8-9-23(14)19-15)18(26)13-21-7-5-3-4-6-17(21)25/h10,16,24H,3-9,11-13H2,1-2H3. The van der Waals surface area contributed by atoms with Crippen molar-refractivity contribution >= 4 is 11.8 Å². The largest absolute Gasteiger partial charge is 0.385 e. The van der Waals surface area contributed by atoms with Crippen molar-refractivity contribution in [3.05, 3.63) is 17.5 Å². The second-order valence-electron chi connectivity index (χ2n) is 7.50. The summed E-state index contributed by atoms with van der Waals surface area (Å²) in [4.78, 5) is 30.2. The maximum atomic E-state index is 12.7. The Morgan fingerprint density at radius 1 is 1.27 bits per heavy atom. The second kappa shape index (κ2) is 8.18. The molecule has 1 aromatic rings. The predicted octanol–water partition coefficient (Wildman–Crippen LogP) is 0.223. The summed E-state index contributed by atoms with van der Waals surface area (Å²) in [6, 6.07) is 1.88. The fourth-order valence-electron chi connectivity index (χ4n) is 3.57. The Kier molecular flexibility index (Phi) is 5.93. The number of hydrogen-bond acceptors (Lipinski definition) is 5. The van der Waals surface area contributed by atoms with E-state index in [1.165, 1.54) is 0 Å². The van der Waals surface area contributed by atoms with Crippen molar-refractivity contribution in [3.63, 3.8) is 0 Å². The fraction of sp³-hybridized carbons (Fsp3) is 0.722. The summed E-state index contributed by atoms with van der Waals surface area (Å²) in [6.07, 6.45) is 2.86. The van der Waals surface area contributed by atoms with Gasteiger partial charge < -0.3 is 19.8 Å². The summed E-state index contributed by atoms with van der Waals surface area (Å²) >= 11 is 0. The zero-order chi connectivity index (χ0) is 18.7. The molecule has 1 N–H and O–H groups in total. The molecule has 8 heteroatoms. The Bertz CT molecular complexity index is 657. The molecule has 3 heterocycles. The minimum absolute atomic E-state index is 0.0110. The Morgan fingerprint density at radius 2 is 2.08 bits per heavy atom. The summed E-state index contributed by atoms with van der Waals surface area (Å²) in [5.74, 6) is 0.0788. The molecule has 0 bridgehead atoms. The van der Waals surface area contributed by atoms with Crippen molar-refractivity contribution in [1.82, 2.24) is 24.5 Å². The topological polar surface area (TPSA) is 81.9 Å². The molecule has 1 fully saturated rings. The lowest BCUT2D eigenvalue weighted by molar-refractivity contribution is -0.141. The zero-order valence-electron chi connectivity index (χ0n) is 15.7. The fourth-order valence-corrected chi connectivity index (χ4v) is 3.57. The lowest BCUT2D eigenvalue weighted by atomic mass is 10.2. The van der Waals surface area contributed by atoms with Gasteiger partial charge in [0.05, 0.1) is 31.0 Å². The SMILES string of the molecule is CN(C)CC(O)c1cc2n(n1)CCN(C(=O)CN1CCCCCC1=O)C2. The molecular weight excluding hydrogens is 334 g/mol. The molecule has 0 aliphatic carbocycles. The van der Waals surface area contributed by atoms with Crippen molar-refractivity contribution in [2.24, 2.45) is 0 Å². The van der Waals surface area contributed by atoms with Gasteiger partial charge in [-0.3, -0.25) is 14.3 Å². The highest BCUT2D eigenvalue weighted by Crippen LogP contribution is 2.19. The lowest BCUT2D eigenvalue weighted by Crippen LogP contribution is -2.45. The van der Waals surface area contributed by atoms with Crippen LogP contribution in [-0.4, -0.2) is 81.7 Å². The predicted molar refractivity (Wildman–Crippen MR) is 96.2 cm³/mol. The van der Waals surface area contributed by atoms with Gasteiger partial charge in [-0.1, -0.05) is 6.42 Å². The number of nitrogens with zero attached hydrogens (tertiary/aromatic N) is 5. The molecular formula is C18H29N5O3. The molecule has 144 valence electrons. The van der Waals surface area contributed by atoms with Crippen LogP contribution < -0.4 is 0 Å². The van der Waals surface area contributed by atoms with Crippen LogP contribution >= 0.6 is 0 Å². The van der Waals surface area contributed by atoms with E-state index in [0.29, 0.717) is 44.8 Å². The van der Waals surface area contributed by atoms with Crippen molar-refractivity contribution in [2.75, 3.05) is 40.3 Å². The van der Waals surface area contributed by atoms with Crippen LogP contribution in [-0.2, 0) is 22.7 Å². The number of aliphatic hydroxyl groups is 1. The van der Waals surface area contributed by atoms with Gasteiger partial charge in [-0.15, -0.1) is 0 Å². The van der Waals surface area contributed by atoms with Gasteiger partial charge in [-0.25, -0.2) is 0 Å². The van der Waals surface area contributed by atoms with Crippen LogP contribution in [0.25, 0.3) is 0 Å². The van der Waals surface area contributed by atoms with Crippen LogP contribution in [0.15, 0.2) is 6.07 Å². The molecule has 26 heavy (non-hydrogen) atoms. The summed E-state index contributed by atoms with van der Waals surface area (Å²) < 4.78 is 1.87. The van der Waals surface area contributed by atoms with Crippen LogP contribution in [0.5, 0.6) is 0 Å². The summed E-state index contributed by atoms with van der Waals surface area (Å²) in [7, 11) is 3.81. The number of carbonyl (C=O) groups excluding carboxylic acids is 2. The summed E-state index contributed by atoms with van der Waals surface area (Å²) in [5, 5.41) is 14.7. The first-order valence-electron chi connectivity index (χ1n) is 9.39. The molecule has 2 aliphatic heterocycles. The van der Waals surface area contributed by atoms with Crippen LogP contribution in [0.3, 0.4) is 0 Å². The minimum atomic E-state index is -0.637. The number of likely N-dealkylation sites (tertiary alicyclic amines) is 1. The monoisotopic (exact) mass is 363 g/mol. The normalized spacial score (nSPS) is 19.5. The van der Waals surface area contributed by atoms with Crippen molar-refractivity contribution in [1.29, 1.82) is 0 Å². The number of aliphatic hydroxyl groups excluding tert-OH is 1. The highest BCUT2D eigenvalue weighted by atomic mass is 16.3. The van der Waals surface area contributed by atoms with E-state index in [1.807, 2.05) is 29.7 Å². The van der Waals surface area contributed by atoms with Gasteiger partial charge in [-0.2, -0.15) is 5.10 Å². The molecule has 1 aromatic heterocycles. The number of amides is 2. The van der Waals surface area contributed by atoms with E-state index >= 15 is 0 Å². The van der Waals surface area contributed by atoms with Crippen LogP contribution in [0.1, 0.15) is 43.2 Å². The van der Waals surface area contributed by atoms with Crippen LogP contribution in [0.2, 0.25) is 0 Å². The molecule has 0 radical (unpaired) electrons. The second-order valence-corrected chi connectivity index (χ2v) is 7.50. The highest BCUT2D eigenvalue weighted by molar-refractivity contribution is 5.85. The quantitative estimate of drug-likeness (QED) is 0.809. The van der Waals surface area contributed by atoms with E-state index in [1.54, 1.807) is 9.80 Å². The number of likely N-dealkylation sites (N-methyl/N-ethyl adjacent to an activating group) is 1. The molecule has 8 nitrogen and oxygen atoms in total. The molecule has 3 rings (SSSR count). The lowest BCUT2D eigenvalue weighted by Gasteiger charge is -2.30. The van der Waals surface area contributed by atoms with E-state index in [0.717, 1.165) is 25.0 Å². The van der Waals surface area contributed by atoms with E-state index in [-0.39, 0.29) is 18.4 Å². The van der Waals surface area contributed by atoms with Crippen molar-refractivity contribution in [3.8, 4) is 0 Å². The summed E-state index contributed by atoms with van der Waals surface area (Å²) in [6.45, 7) is 3.03. The van der Waals surface area contributed by atoms with Crippen LogP contribution in [0, 0.1) is 0 Å². The highest BCUT2D eigenvalue weighted by Gasteiger charge is 2.27. The van der Waals surface area contributed by atoms with Gasteiger partial charge in [0.25, 0.3) is 0 Å². The van der Waals surface area contributed by atoms with Crippen LogP contribution in [0.4, 0.5) is 0 Å². The molecule has 1 unspecified atom stereocenters. The molecule has 0 aromatic carbocycles. The van der Waals surface area contributed by atoms with Gasteiger partial charge in [0.2, 0.25) is 11.8 Å². The number of carbonyl (C=O) groups is 2. The van der Waals surface area contributed by atoms with Gasteiger partial charge >= 0.3 is 0 Å². The average Bonchev–Trinajstić information content (AvgIpc) is 2.92. The number of aromatic nitrogens is 2. The average molecular weight is 363 g/mol. The Balaban J connectivity index is 1.61. The molecule has 1 saturated heterocycles. The Morgan fingerprint density at radius 3 is 2.85 bits per heavy atom. The van der Waals surface area contributed by atoms with Gasteiger partial charge in [0.1, 0.15) is 6.10 Å². The number of hydrogen-bond donors (Lipinski definition) is 1. The molecule has 2 aliphatic rings. The third-order valence-electron chi connectivity index (χ3n) is 5.05. The number of fused-ring (bicyclic) bond motifs is 1. The third kappa shape index (κ3) is 4.42. The first kappa shape index (κ1) is 18.8. The van der Waals surface area contributed by atoms with E-state index in [2.05, 4.69) is 5.10 Å². The Labute approximate surface area is 154 Å². The number of rotatable bonds is 5. The molecule has 2 amide bonds. The maximum absolute atomic E-state index is 12.7. The molecule has 0 saturated carbocycles. The van der Waals surface area contributed by atoms with E-state index in [9.17, 15) is 14.7 Å². The Hall–Kier alpha value is -1.93. The minimum Gasteiger partial charge on any atom is -0.385 e. The molecule has 1 atom stereocenters. The van der Waals surface area contributed by atoms with Crippen molar-refractivity contribution < 1.29 is 14.7 Å². The first-order valence-corrected chi connectivity index (χ1v) is 9.39.